The van der Waals surface area contributed by atoms with Crippen LogP contribution in [0.25, 0.3) is 11.1 Å². The van der Waals surface area contributed by atoms with Gasteiger partial charge in [0.2, 0.25) is 5.91 Å². The third-order valence-electron chi connectivity index (χ3n) is 4.67. The lowest BCUT2D eigenvalue weighted by Crippen LogP contribution is -2.44. The molecule has 1 aliphatic rings. The Morgan fingerprint density at radius 3 is 2.80 bits per heavy atom. The molecule has 3 amide bonds. The molecule has 0 unspecified atom stereocenters. The van der Waals surface area contributed by atoms with Gasteiger partial charge in [-0.05, 0) is 25.3 Å². The number of amides is 3. The lowest BCUT2D eigenvalue weighted by atomic mass is 9.89. The van der Waals surface area contributed by atoms with Crippen LogP contribution in [-0.2, 0) is 4.79 Å². The molecule has 0 aliphatic carbocycles. The highest BCUT2D eigenvalue weighted by Crippen LogP contribution is 2.34. The van der Waals surface area contributed by atoms with Crippen molar-refractivity contribution < 1.29 is 9.59 Å². The Balaban J connectivity index is 1.65. The molecule has 4 N–H and O–H groups in total. The Bertz CT molecular complexity index is 762. The Morgan fingerprint density at radius 2 is 2.12 bits per heavy atom. The number of likely N-dealkylation sites (tertiary alicyclic amines) is 1. The predicted molar refractivity (Wildman–Crippen MR) is 94.9 cm³/mol. The molecule has 2 heterocycles. The van der Waals surface area contributed by atoms with Gasteiger partial charge in [-0.25, -0.2) is 4.79 Å². The minimum Gasteiger partial charge on any atom is -0.352 e. The summed E-state index contributed by atoms with van der Waals surface area (Å²) in [6.07, 6.45) is 3.60. The minimum absolute atomic E-state index is 0.0431. The van der Waals surface area contributed by atoms with Crippen molar-refractivity contribution in [2.24, 2.45) is 5.73 Å². The Hall–Kier alpha value is -2.83. The fraction of sp³-hybridized carbons (Fsp3) is 0.389. The molecule has 1 aromatic carbocycles. The quantitative estimate of drug-likeness (QED) is 0.789. The van der Waals surface area contributed by atoms with Crippen molar-refractivity contribution in [1.82, 2.24) is 20.4 Å². The molecule has 7 nitrogen and oxygen atoms in total. The predicted octanol–water partition coefficient (Wildman–Crippen LogP) is 1.76. The minimum atomic E-state index is -0.677. The van der Waals surface area contributed by atoms with Gasteiger partial charge in [-0.3, -0.25) is 9.89 Å². The highest BCUT2D eigenvalue weighted by atomic mass is 16.2. The second-order valence-corrected chi connectivity index (χ2v) is 6.44. The van der Waals surface area contributed by atoms with Gasteiger partial charge in [0.1, 0.15) is 0 Å². The van der Waals surface area contributed by atoms with Crippen molar-refractivity contribution in [3.8, 4) is 11.1 Å². The van der Waals surface area contributed by atoms with Crippen LogP contribution < -0.4 is 11.1 Å². The number of benzene rings is 1. The zero-order valence-electron chi connectivity index (χ0n) is 14.3. The van der Waals surface area contributed by atoms with E-state index in [9.17, 15) is 9.59 Å². The second-order valence-electron chi connectivity index (χ2n) is 6.44. The van der Waals surface area contributed by atoms with Gasteiger partial charge in [0.05, 0.1) is 12.7 Å². The highest BCUT2D eigenvalue weighted by Gasteiger charge is 2.26. The van der Waals surface area contributed by atoms with Gasteiger partial charge in [-0.1, -0.05) is 29.8 Å². The first-order valence-electron chi connectivity index (χ1n) is 8.46. The molecule has 0 spiro atoms. The molecule has 0 atom stereocenters. The normalized spacial score (nSPS) is 15.2. The fourth-order valence-electron chi connectivity index (χ4n) is 3.34. The Kier molecular flexibility index (Phi) is 5.02. The van der Waals surface area contributed by atoms with Crippen LogP contribution in [-0.4, -0.2) is 46.7 Å². The van der Waals surface area contributed by atoms with Crippen LogP contribution >= 0.6 is 0 Å². The molecular formula is C18H23N5O2. The number of aryl methyl sites for hydroxylation is 1. The fourth-order valence-corrected chi connectivity index (χ4v) is 3.34. The summed E-state index contributed by atoms with van der Waals surface area (Å²) in [5.41, 5.74) is 9.64. The van der Waals surface area contributed by atoms with Gasteiger partial charge in [-0.15, -0.1) is 0 Å². The molecule has 0 saturated carbocycles. The van der Waals surface area contributed by atoms with E-state index >= 15 is 0 Å². The first-order valence-corrected chi connectivity index (χ1v) is 8.46. The Labute approximate surface area is 146 Å². The molecule has 0 radical (unpaired) electrons. The van der Waals surface area contributed by atoms with E-state index in [-0.39, 0.29) is 12.5 Å². The zero-order valence-corrected chi connectivity index (χ0v) is 14.3. The van der Waals surface area contributed by atoms with E-state index in [1.54, 1.807) is 4.90 Å². The number of piperidine rings is 1. The van der Waals surface area contributed by atoms with Gasteiger partial charge in [0.15, 0.2) is 0 Å². The molecule has 2 aromatic rings. The van der Waals surface area contributed by atoms with Crippen LogP contribution in [0.3, 0.4) is 0 Å². The van der Waals surface area contributed by atoms with Gasteiger partial charge >= 0.3 is 6.03 Å². The van der Waals surface area contributed by atoms with E-state index in [1.165, 1.54) is 5.56 Å². The molecular weight excluding hydrogens is 318 g/mol. The summed E-state index contributed by atoms with van der Waals surface area (Å²) in [6, 6.07) is 7.70. The number of hydrogen-bond acceptors (Lipinski definition) is 3. The van der Waals surface area contributed by atoms with Crippen molar-refractivity contribution >= 4 is 11.9 Å². The van der Waals surface area contributed by atoms with Gasteiger partial charge in [0, 0.05) is 30.3 Å². The molecule has 25 heavy (non-hydrogen) atoms. The third kappa shape index (κ3) is 3.99. The van der Waals surface area contributed by atoms with Crippen molar-refractivity contribution in [2.45, 2.75) is 25.7 Å². The number of primary amides is 1. The molecule has 1 aliphatic heterocycles. The summed E-state index contributed by atoms with van der Waals surface area (Å²) in [5, 5.41) is 9.74. The highest BCUT2D eigenvalue weighted by molar-refractivity contribution is 5.83. The molecule has 3 rings (SSSR count). The average Bonchev–Trinajstić information content (AvgIpc) is 3.09. The zero-order chi connectivity index (χ0) is 17.8. The molecule has 0 bridgehead atoms. The van der Waals surface area contributed by atoms with E-state index < -0.39 is 6.03 Å². The number of nitrogens with zero attached hydrogens (tertiary/aromatic N) is 2. The number of nitrogens with two attached hydrogens (primary N) is 1. The third-order valence-corrected chi connectivity index (χ3v) is 4.67. The number of urea groups is 1. The van der Waals surface area contributed by atoms with E-state index in [0.29, 0.717) is 19.0 Å². The van der Waals surface area contributed by atoms with Crippen molar-refractivity contribution in [3.05, 3.63) is 41.7 Å². The van der Waals surface area contributed by atoms with Gasteiger partial charge in [-0.2, -0.15) is 5.10 Å². The van der Waals surface area contributed by atoms with Crippen LogP contribution in [0.5, 0.6) is 0 Å². The SMILES string of the molecule is Cc1cccc(-c2cn[nH]c2C2CCN(C(=O)CNC(N)=O)CC2)c1. The first kappa shape index (κ1) is 17.0. The summed E-state index contributed by atoms with van der Waals surface area (Å²) in [6.45, 7) is 3.36. The second kappa shape index (κ2) is 7.38. The smallest absolute Gasteiger partial charge is 0.312 e. The van der Waals surface area contributed by atoms with E-state index in [4.69, 9.17) is 5.73 Å². The molecule has 1 aromatic heterocycles. The number of rotatable bonds is 4. The first-order chi connectivity index (χ1) is 12.0. The lowest BCUT2D eigenvalue weighted by Gasteiger charge is -2.32. The summed E-state index contributed by atoms with van der Waals surface area (Å²) in [7, 11) is 0. The summed E-state index contributed by atoms with van der Waals surface area (Å²) in [5.74, 6) is 0.243. The number of carbonyl (C=O) groups is 2. The van der Waals surface area contributed by atoms with Gasteiger partial charge < -0.3 is 16.0 Å². The number of aromatic nitrogens is 2. The summed E-state index contributed by atoms with van der Waals surface area (Å²) >= 11 is 0. The van der Waals surface area contributed by atoms with Gasteiger partial charge in [0.25, 0.3) is 0 Å². The van der Waals surface area contributed by atoms with E-state index in [1.807, 2.05) is 6.20 Å². The number of H-pyrrole nitrogens is 1. The number of hydrogen-bond donors (Lipinski definition) is 3. The van der Waals surface area contributed by atoms with E-state index in [0.717, 1.165) is 29.7 Å². The van der Waals surface area contributed by atoms with Crippen LogP contribution in [0.1, 0.15) is 30.0 Å². The largest absolute Gasteiger partial charge is 0.352 e. The van der Waals surface area contributed by atoms with Crippen LogP contribution in [0.4, 0.5) is 4.79 Å². The maximum Gasteiger partial charge on any atom is 0.312 e. The topological polar surface area (TPSA) is 104 Å². The lowest BCUT2D eigenvalue weighted by molar-refractivity contribution is -0.131. The number of aromatic amines is 1. The number of carbonyl (C=O) groups excluding carboxylic acids is 2. The molecule has 1 fully saturated rings. The van der Waals surface area contributed by atoms with Crippen molar-refractivity contribution in [1.29, 1.82) is 0 Å². The molecule has 1 saturated heterocycles. The Morgan fingerprint density at radius 1 is 1.36 bits per heavy atom. The van der Waals surface area contributed by atoms with Crippen LogP contribution in [0.2, 0.25) is 0 Å². The maximum absolute atomic E-state index is 12.1. The van der Waals surface area contributed by atoms with Crippen LogP contribution in [0, 0.1) is 6.92 Å². The standard InChI is InChI=1S/C18H23N5O2/c1-12-3-2-4-14(9-12)15-10-21-22-17(15)13-5-7-23(8-6-13)16(24)11-20-18(19)25/h2-4,9-10,13H,5-8,11H2,1H3,(H,21,22)(H3,19,20,25). The molecule has 7 heteroatoms. The van der Waals surface area contributed by atoms with Crippen molar-refractivity contribution in [2.75, 3.05) is 19.6 Å². The van der Waals surface area contributed by atoms with E-state index in [2.05, 4.69) is 46.7 Å². The monoisotopic (exact) mass is 341 g/mol. The average molecular weight is 341 g/mol. The van der Waals surface area contributed by atoms with Crippen molar-refractivity contribution in [3.63, 3.8) is 0 Å². The maximum atomic E-state index is 12.1. The molecule has 132 valence electrons. The van der Waals surface area contributed by atoms with Crippen LogP contribution in [0.15, 0.2) is 30.5 Å². The number of nitrogens with one attached hydrogen (secondary N) is 2. The summed E-state index contributed by atoms with van der Waals surface area (Å²) in [4.78, 5) is 24.5. The summed E-state index contributed by atoms with van der Waals surface area (Å²) < 4.78 is 0.